The van der Waals surface area contributed by atoms with Gasteiger partial charge in [-0.25, -0.2) is 4.57 Å². The zero-order valence-electron chi connectivity index (χ0n) is 9.17. The van der Waals surface area contributed by atoms with Crippen LogP contribution in [0.3, 0.4) is 0 Å². The number of carboxylic acid groups (broad SMARTS) is 1. The first-order valence-electron chi connectivity index (χ1n) is 4.76. The minimum atomic E-state index is -3.88. The topological polar surface area (TPSA) is 99.1 Å². The van der Waals surface area contributed by atoms with Gasteiger partial charge in [0.15, 0.2) is 0 Å². The van der Waals surface area contributed by atoms with Crippen molar-refractivity contribution >= 4 is 19.8 Å². The molecule has 0 aliphatic rings. The minimum Gasteiger partial charge on any atom is -0.481 e. The summed E-state index contributed by atoms with van der Waals surface area (Å²) in [4.78, 5) is 21.3. The van der Waals surface area contributed by atoms with E-state index in [9.17, 15) is 14.2 Å². The summed E-state index contributed by atoms with van der Waals surface area (Å²) in [6.45, 7) is 3.25. The van der Waals surface area contributed by atoms with Gasteiger partial charge in [0.25, 0.3) is 0 Å². The molecule has 0 atom stereocenters. The third kappa shape index (κ3) is 6.55. The highest BCUT2D eigenvalue weighted by Crippen LogP contribution is 2.49. The summed E-state index contributed by atoms with van der Waals surface area (Å²) in [6.07, 6.45) is -0.767. The quantitative estimate of drug-likeness (QED) is 0.656. The zero-order valence-corrected chi connectivity index (χ0v) is 10.1. The summed E-state index contributed by atoms with van der Waals surface area (Å²) in [5.41, 5.74) is 0. The van der Waals surface area contributed by atoms with Crippen molar-refractivity contribution < 1.29 is 32.8 Å². The van der Waals surface area contributed by atoms with E-state index in [-0.39, 0.29) is 19.6 Å². The van der Waals surface area contributed by atoms with Crippen molar-refractivity contribution in [3.63, 3.8) is 0 Å². The Hall–Kier alpha value is -0.910. The van der Waals surface area contributed by atoms with Crippen molar-refractivity contribution in [1.82, 2.24) is 0 Å². The van der Waals surface area contributed by atoms with Gasteiger partial charge in [-0.15, -0.1) is 0 Å². The van der Waals surface area contributed by atoms with Crippen LogP contribution in [-0.2, 0) is 27.7 Å². The number of phosphoric ester groups is 1. The summed E-state index contributed by atoms with van der Waals surface area (Å²) in [5, 5.41) is 8.33. The Labute approximate surface area is 93.3 Å². The molecule has 94 valence electrons. The first-order valence-corrected chi connectivity index (χ1v) is 6.23. The molecule has 0 fully saturated rings. The molecule has 0 aromatic carbocycles. The largest absolute Gasteiger partial charge is 0.532 e. The van der Waals surface area contributed by atoms with E-state index in [1.807, 2.05) is 0 Å². The van der Waals surface area contributed by atoms with E-state index < -0.39 is 26.2 Å². The minimum absolute atomic E-state index is 0.0590. The summed E-state index contributed by atoms with van der Waals surface area (Å²) < 4.78 is 25.5. The van der Waals surface area contributed by atoms with Crippen molar-refractivity contribution in [1.29, 1.82) is 0 Å². The molecule has 0 bridgehead atoms. The molecule has 0 aromatic heterocycles. The van der Waals surface area contributed by atoms with Crippen LogP contribution < -0.4 is 0 Å². The number of rotatable bonds is 8. The highest BCUT2D eigenvalue weighted by molar-refractivity contribution is 7.49. The summed E-state index contributed by atoms with van der Waals surface area (Å²) in [6, 6.07) is 0. The molecule has 0 rings (SSSR count). The molecule has 0 radical (unpaired) electrons. The summed E-state index contributed by atoms with van der Waals surface area (Å²) >= 11 is 0. The maximum Gasteiger partial charge on any atom is 0.532 e. The Balaban J connectivity index is 4.23. The van der Waals surface area contributed by atoms with Crippen LogP contribution >= 0.6 is 7.82 Å². The molecule has 0 aliphatic carbocycles. The predicted octanol–water partition coefficient (Wildman–Crippen LogP) is 1.58. The number of hydrogen-bond donors (Lipinski definition) is 1. The highest BCUT2D eigenvalue weighted by atomic mass is 31.2. The van der Waals surface area contributed by atoms with Gasteiger partial charge in [0.05, 0.1) is 26.1 Å². The fourth-order valence-electron chi connectivity index (χ4n) is 0.786. The standard InChI is InChI=1S/C8H15O7P/c1-3-13-16(12,14-4-2)15-8(11)6-5-7(9)10/h3-6H2,1-2H3,(H,9,10). The second-order valence-corrected chi connectivity index (χ2v) is 4.23. The third-order valence-corrected chi connectivity index (χ3v) is 2.91. The first kappa shape index (κ1) is 15.1. The fraction of sp³-hybridized carbons (Fsp3) is 0.750. The van der Waals surface area contributed by atoms with E-state index in [0.717, 1.165) is 0 Å². The van der Waals surface area contributed by atoms with Gasteiger partial charge in [-0.1, -0.05) is 0 Å². The molecule has 16 heavy (non-hydrogen) atoms. The normalized spacial score (nSPS) is 11.1. The summed E-state index contributed by atoms with van der Waals surface area (Å²) in [7, 11) is -3.88. The first-order chi connectivity index (χ1) is 7.43. The van der Waals surface area contributed by atoms with Crippen LogP contribution in [0.2, 0.25) is 0 Å². The molecule has 8 heteroatoms. The molecule has 1 N–H and O–H groups in total. The average Bonchev–Trinajstić information content (AvgIpc) is 2.15. The van der Waals surface area contributed by atoms with Crippen LogP contribution in [0.1, 0.15) is 26.7 Å². The summed E-state index contributed by atoms with van der Waals surface area (Å²) in [5.74, 6) is -2.06. The van der Waals surface area contributed by atoms with Crippen LogP contribution in [0.15, 0.2) is 0 Å². The van der Waals surface area contributed by atoms with Crippen LogP contribution in [-0.4, -0.2) is 30.3 Å². The molecular formula is C8H15O7P. The van der Waals surface area contributed by atoms with E-state index in [1.165, 1.54) is 0 Å². The van der Waals surface area contributed by atoms with Gasteiger partial charge in [0.1, 0.15) is 0 Å². The lowest BCUT2D eigenvalue weighted by Gasteiger charge is -2.15. The van der Waals surface area contributed by atoms with Gasteiger partial charge in [0.2, 0.25) is 0 Å². The predicted molar refractivity (Wildman–Crippen MR) is 53.8 cm³/mol. The van der Waals surface area contributed by atoms with Crippen molar-refractivity contribution in [2.45, 2.75) is 26.7 Å². The van der Waals surface area contributed by atoms with E-state index in [2.05, 4.69) is 4.52 Å². The van der Waals surface area contributed by atoms with Gasteiger partial charge >= 0.3 is 19.8 Å². The van der Waals surface area contributed by atoms with Gasteiger partial charge in [0, 0.05) is 0 Å². The lowest BCUT2D eigenvalue weighted by Crippen LogP contribution is -2.09. The molecule has 0 spiro atoms. The number of aliphatic carboxylic acids is 1. The number of hydrogen-bond acceptors (Lipinski definition) is 6. The lowest BCUT2D eigenvalue weighted by molar-refractivity contribution is -0.143. The molecule has 0 aliphatic heterocycles. The molecule has 0 saturated carbocycles. The number of carbonyl (C=O) groups is 2. The molecule has 0 saturated heterocycles. The van der Waals surface area contributed by atoms with Gasteiger partial charge in [-0.05, 0) is 13.8 Å². The second kappa shape index (κ2) is 7.38. The number of phosphoric acid groups is 1. The van der Waals surface area contributed by atoms with E-state index in [4.69, 9.17) is 14.2 Å². The van der Waals surface area contributed by atoms with Gasteiger partial charge < -0.3 is 9.63 Å². The van der Waals surface area contributed by atoms with Crippen LogP contribution in [0, 0.1) is 0 Å². The van der Waals surface area contributed by atoms with Crippen LogP contribution in [0.5, 0.6) is 0 Å². The Morgan fingerprint density at radius 3 is 2.00 bits per heavy atom. The van der Waals surface area contributed by atoms with Crippen molar-refractivity contribution in [2.75, 3.05) is 13.2 Å². The van der Waals surface area contributed by atoms with E-state index in [1.54, 1.807) is 13.8 Å². The zero-order chi connectivity index (χ0) is 12.6. The van der Waals surface area contributed by atoms with Crippen molar-refractivity contribution in [2.24, 2.45) is 0 Å². The number of carbonyl (C=O) groups excluding carboxylic acids is 1. The van der Waals surface area contributed by atoms with Gasteiger partial charge in [-0.3, -0.25) is 18.6 Å². The molecule has 0 heterocycles. The monoisotopic (exact) mass is 254 g/mol. The third-order valence-electron chi connectivity index (χ3n) is 1.33. The smallest absolute Gasteiger partial charge is 0.481 e. The SMILES string of the molecule is CCOP(=O)(OCC)OC(=O)CCC(=O)O. The number of carboxylic acids is 1. The Bertz CT molecular complexity index is 278. The Kier molecular flexibility index (Phi) is 6.96. The second-order valence-electron chi connectivity index (χ2n) is 2.64. The van der Waals surface area contributed by atoms with E-state index in [0.29, 0.717) is 0 Å². The Morgan fingerprint density at radius 1 is 1.12 bits per heavy atom. The molecule has 0 amide bonds. The maximum atomic E-state index is 11.6. The van der Waals surface area contributed by atoms with E-state index >= 15 is 0 Å². The fourth-order valence-corrected chi connectivity index (χ4v) is 1.94. The molecule has 7 nitrogen and oxygen atoms in total. The maximum absolute atomic E-state index is 11.6. The molecule has 0 aromatic rings. The molecule has 0 unspecified atom stereocenters. The molecular weight excluding hydrogens is 239 g/mol. The van der Waals surface area contributed by atoms with Crippen molar-refractivity contribution in [3.8, 4) is 0 Å². The van der Waals surface area contributed by atoms with Crippen LogP contribution in [0.25, 0.3) is 0 Å². The van der Waals surface area contributed by atoms with Crippen molar-refractivity contribution in [3.05, 3.63) is 0 Å². The van der Waals surface area contributed by atoms with Gasteiger partial charge in [-0.2, -0.15) is 0 Å². The van der Waals surface area contributed by atoms with Crippen LogP contribution in [0.4, 0.5) is 0 Å². The Morgan fingerprint density at radius 2 is 1.62 bits per heavy atom. The lowest BCUT2D eigenvalue weighted by atomic mass is 10.3. The average molecular weight is 254 g/mol. The highest BCUT2D eigenvalue weighted by Gasteiger charge is 2.29.